The Balaban J connectivity index is 1.46. The van der Waals surface area contributed by atoms with Crippen molar-refractivity contribution in [2.75, 3.05) is 49.7 Å². The van der Waals surface area contributed by atoms with Crippen molar-refractivity contribution < 1.29 is 22.3 Å². The Hall–Kier alpha value is -3.98. The molecule has 1 fully saturated rings. The monoisotopic (exact) mass is 519 g/mol. The van der Waals surface area contributed by atoms with Crippen LogP contribution in [0.25, 0.3) is 11.5 Å². The minimum absolute atomic E-state index is 0.0690. The van der Waals surface area contributed by atoms with Crippen molar-refractivity contribution in [2.45, 2.75) is 16.8 Å². The van der Waals surface area contributed by atoms with Crippen molar-refractivity contribution in [1.29, 1.82) is 0 Å². The minimum atomic E-state index is -3.90. The smallest absolute Gasteiger partial charge is 0.236 e. The lowest BCUT2D eigenvalue weighted by Gasteiger charge is -2.36. The van der Waals surface area contributed by atoms with E-state index in [2.05, 4.69) is 9.88 Å². The maximum absolute atomic E-state index is 13.6. The summed E-state index contributed by atoms with van der Waals surface area (Å²) in [4.78, 5) is 8.91. The van der Waals surface area contributed by atoms with Crippen molar-refractivity contribution >= 4 is 21.4 Å². The van der Waals surface area contributed by atoms with Crippen LogP contribution in [0.1, 0.15) is 6.92 Å². The molecular weight excluding hydrogens is 490 g/mol. The first kappa shape index (κ1) is 24.7. The number of anilines is 2. The van der Waals surface area contributed by atoms with Crippen LogP contribution >= 0.6 is 0 Å². The molecule has 1 saturated heterocycles. The third-order valence-electron chi connectivity index (χ3n) is 6.30. The molecule has 8 nitrogen and oxygen atoms in total. The van der Waals surface area contributed by atoms with E-state index in [9.17, 15) is 8.42 Å². The molecule has 1 aromatic heterocycles. The second-order valence-electron chi connectivity index (χ2n) is 8.58. The van der Waals surface area contributed by atoms with Crippen LogP contribution in [0, 0.1) is 0 Å². The van der Waals surface area contributed by atoms with E-state index in [0.717, 1.165) is 17.2 Å². The Labute approximate surface area is 217 Å². The Kier molecular flexibility index (Phi) is 7.05. The molecule has 4 aromatic rings. The number of benzene rings is 3. The number of sulfone groups is 1. The molecule has 0 unspecified atom stereocenters. The van der Waals surface area contributed by atoms with Crippen molar-refractivity contribution in [3.63, 3.8) is 0 Å². The molecule has 3 aromatic carbocycles. The third-order valence-corrected chi connectivity index (χ3v) is 7.97. The Morgan fingerprint density at radius 2 is 1.46 bits per heavy atom. The van der Waals surface area contributed by atoms with Crippen molar-refractivity contribution in [2.24, 2.45) is 0 Å². The van der Waals surface area contributed by atoms with E-state index in [0.29, 0.717) is 38.3 Å². The Bertz CT molecular complexity index is 1430. The average Bonchev–Trinajstić information content (AvgIpc) is 3.41. The van der Waals surface area contributed by atoms with E-state index < -0.39 is 9.84 Å². The van der Waals surface area contributed by atoms with E-state index in [1.807, 2.05) is 60.4 Å². The molecule has 0 aliphatic carbocycles. The second kappa shape index (κ2) is 10.6. The number of methoxy groups -OCH3 is 1. The van der Waals surface area contributed by atoms with Crippen LogP contribution in [0.4, 0.5) is 11.6 Å². The maximum Gasteiger partial charge on any atom is 0.236 e. The van der Waals surface area contributed by atoms with Gasteiger partial charge in [0.05, 0.1) is 18.6 Å². The highest BCUT2D eigenvalue weighted by Crippen LogP contribution is 2.36. The second-order valence-corrected chi connectivity index (χ2v) is 10.4. The average molecular weight is 520 g/mol. The lowest BCUT2D eigenvalue weighted by molar-refractivity contribution is 0.340. The molecule has 0 radical (unpaired) electrons. The van der Waals surface area contributed by atoms with Gasteiger partial charge in [0.2, 0.25) is 26.6 Å². The Morgan fingerprint density at radius 3 is 2.08 bits per heavy atom. The van der Waals surface area contributed by atoms with E-state index in [-0.39, 0.29) is 21.7 Å². The van der Waals surface area contributed by atoms with E-state index in [1.165, 1.54) is 0 Å². The summed E-state index contributed by atoms with van der Waals surface area (Å²) in [5, 5.41) is -0.0690. The normalized spacial score (nSPS) is 14.0. The van der Waals surface area contributed by atoms with Gasteiger partial charge in [-0.1, -0.05) is 18.2 Å². The van der Waals surface area contributed by atoms with Gasteiger partial charge in [-0.25, -0.2) is 8.42 Å². The van der Waals surface area contributed by atoms with Gasteiger partial charge in [0, 0.05) is 37.4 Å². The molecular formula is C28H29N3O5S. The highest BCUT2D eigenvalue weighted by molar-refractivity contribution is 7.91. The topological polar surface area (TPSA) is 85.1 Å². The maximum atomic E-state index is 13.6. The molecule has 0 amide bonds. The van der Waals surface area contributed by atoms with Gasteiger partial charge in [0.15, 0.2) is 0 Å². The molecule has 37 heavy (non-hydrogen) atoms. The molecule has 0 saturated carbocycles. The fraction of sp³-hybridized carbons (Fsp3) is 0.250. The molecule has 0 bridgehead atoms. The van der Waals surface area contributed by atoms with Gasteiger partial charge in [-0.3, -0.25) is 0 Å². The SMILES string of the molecule is CCOc1ccc(-c2nc(S(=O)(=O)c3ccccc3)c(N3CCN(c4ccc(OC)cc4)CC3)o2)cc1. The highest BCUT2D eigenvalue weighted by atomic mass is 32.2. The number of nitrogens with zero attached hydrogens (tertiary/aromatic N) is 3. The molecule has 1 aliphatic heterocycles. The predicted octanol–water partition coefficient (Wildman–Crippen LogP) is 4.91. The van der Waals surface area contributed by atoms with Crippen molar-refractivity contribution in [3.05, 3.63) is 78.9 Å². The van der Waals surface area contributed by atoms with Gasteiger partial charge in [-0.2, -0.15) is 4.98 Å². The van der Waals surface area contributed by atoms with Gasteiger partial charge >= 0.3 is 0 Å². The molecule has 0 N–H and O–H groups in total. The first-order valence-corrected chi connectivity index (χ1v) is 13.7. The fourth-order valence-corrected chi connectivity index (χ4v) is 5.67. The third kappa shape index (κ3) is 5.13. The van der Waals surface area contributed by atoms with Gasteiger partial charge in [-0.05, 0) is 67.6 Å². The van der Waals surface area contributed by atoms with Crippen molar-refractivity contribution in [3.8, 4) is 23.0 Å². The summed E-state index contributed by atoms with van der Waals surface area (Å²) in [6, 6.07) is 23.5. The highest BCUT2D eigenvalue weighted by Gasteiger charge is 2.32. The quantitative estimate of drug-likeness (QED) is 0.325. The van der Waals surface area contributed by atoms with Crippen LogP contribution < -0.4 is 19.3 Å². The summed E-state index contributed by atoms with van der Waals surface area (Å²) in [7, 11) is -2.25. The predicted molar refractivity (Wildman–Crippen MR) is 142 cm³/mol. The minimum Gasteiger partial charge on any atom is -0.497 e. The lowest BCUT2D eigenvalue weighted by atomic mass is 10.2. The summed E-state index contributed by atoms with van der Waals surface area (Å²) >= 11 is 0. The van der Waals surface area contributed by atoms with E-state index in [1.54, 1.807) is 37.4 Å². The van der Waals surface area contributed by atoms with Crippen LogP contribution in [0.5, 0.6) is 11.5 Å². The number of aromatic nitrogens is 1. The van der Waals surface area contributed by atoms with Gasteiger partial charge in [-0.15, -0.1) is 0 Å². The number of oxazole rings is 1. The van der Waals surface area contributed by atoms with Crippen molar-refractivity contribution in [1.82, 2.24) is 4.98 Å². The first-order chi connectivity index (χ1) is 18.0. The van der Waals surface area contributed by atoms with Crippen LogP contribution in [-0.4, -0.2) is 53.3 Å². The zero-order valence-electron chi connectivity index (χ0n) is 20.8. The molecule has 1 aliphatic rings. The molecule has 0 spiro atoms. The summed E-state index contributed by atoms with van der Waals surface area (Å²) in [6.45, 7) is 5.06. The summed E-state index contributed by atoms with van der Waals surface area (Å²) < 4.78 is 44.2. The van der Waals surface area contributed by atoms with Crippen LogP contribution in [0.15, 0.2) is 93.2 Å². The Morgan fingerprint density at radius 1 is 0.838 bits per heavy atom. The number of ether oxygens (including phenoxy) is 2. The first-order valence-electron chi connectivity index (χ1n) is 12.2. The fourth-order valence-electron chi connectivity index (χ4n) is 4.33. The number of hydrogen-bond acceptors (Lipinski definition) is 8. The van der Waals surface area contributed by atoms with Gasteiger partial charge in [0.1, 0.15) is 11.5 Å². The van der Waals surface area contributed by atoms with Gasteiger partial charge in [0.25, 0.3) is 0 Å². The summed E-state index contributed by atoms with van der Waals surface area (Å²) in [5.74, 6) is 2.05. The largest absolute Gasteiger partial charge is 0.497 e. The number of hydrogen-bond donors (Lipinski definition) is 0. The van der Waals surface area contributed by atoms with E-state index in [4.69, 9.17) is 13.9 Å². The molecule has 0 atom stereocenters. The van der Waals surface area contributed by atoms with Crippen LogP contribution in [-0.2, 0) is 9.84 Å². The molecule has 9 heteroatoms. The van der Waals surface area contributed by atoms with Crippen LogP contribution in [0.3, 0.4) is 0 Å². The lowest BCUT2D eigenvalue weighted by Crippen LogP contribution is -2.46. The van der Waals surface area contributed by atoms with Gasteiger partial charge < -0.3 is 23.7 Å². The standard InChI is InChI=1S/C28H29N3O5S/c1-3-35-24-13-9-21(10-14-24)26-29-27(37(32,33)25-7-5-4-6-8-25)28(36-26)31-19-17-30(18-20-31)22-11-15-23(34-2)16-12-22/h4-16H,3,17-20H2,1-2H3. The number of piperazine rings is 1. The summed E-state index contributed by atoms with van der Waals surface area (Å²) in [5.41, 5.74) is 1.77. The summed E-state index contributed by atoms with van der Waals surface area (Å²) in [6.07, 6.45) is 0. The van der Waals surface area contributed by atoms with E-state index >= 15 is 0 Å². The zero-order chi connectivity index (χ0) is 25.8. The van der Waals surface area contributed by atoms with Crippen LogP contribution in [0.2, 0.25) is 0 Å². The number of rotatable bonds is 8. The zero-order valence-corrected chi connectivity index (χ0v) is 21.6. The molecule has 192 valence electrons. The molecule has 2 heterocycles. The molecule has 5 rings (SSSR count).